The average Bonchev–Trinajstić information content (AvgIpc) is 2.53. The number of methoxy groups -OCH3 is 3. The second kappa shape index (κ2) is 7.19. The number of rotatable bonds is 6. The summed E-state index contributed by atoms with van der Waals surface area (Å²) in [6.45, 7) is 6.91. The summed E-state index contributed by atoms with van der Waals surface area (Å²) in [5, 5.41) is 2.70. The van der Waals surface area contributed by atoms with Crippen molar-refractivity contribution in [1.29, 1.82) is 0 Å². The van der Waals surface area contributed by atoms with Crippen LogP contribution in [0.15, 0.2) is 30.6 Å². The average molecular weight is 318 g/mol. The Labute approximate surface area is 136 Å². The number of carbonyl (C=O) groups is 1. The maximum Gasteiger partial charge on any atom is 0.251 e. The molecule has 1 aromatic rings. The molecule has 1 amide bonds. The van der Waals surface area contributed by atoms with Crippen molar-refractivity contribution in [2.75, 3.05) is 34.5 Å². The van der Waals surface area contributed by atoms with Gasteiger partial charge in [0.05, 0.1) is 26.5 Å². The molecule has 124 valence electrons. The molecule has 1 N–H and O–H groups in total. The fourth-order valence-electron chi connectivity index (χ4n) is 2.50. The molecule has 1 heterocycles. The molecule has 2 rings (SSSR count). The molecule has 0 saturated carbocycles. The third kappa shape index (κ3) is 3.48. The van der Waals surface area contributed by atoms with Gasteiger partial charge in [-0.1, -0.05) is 6.58 Å². The van der Waals surface area contributed by atoms with Crippen molar-refractivity contribution in [2.24, 2.45) is 0 Å². The summed E-state index contributed by atoms with van der Waals surface area (Å²) in [5.74, 6) is 1.68. The first-order valence-corrected chi connectivity index (χ1v) is 7.22. The summed E-state index contributed by atoms with van der Waals surface area (Å²) in [6.07, 6.45) is 1.52. The lowest BCUT2D eigenvalue weighted by Crippen LogP contribution is -2.39. The topological polar surface area (TPSA) is 60.0 Å². The third-order valence-electron chi connectivity index (χ3n) is 3.66. The Morgan fingerprint density at radius 2 is 1.87 bits per heavy atom. The first-order chi connectivity index (χ1) is 11.0. The highest BCUT2D eigenvalue weighted by Crippen LogP contribution is 2.36. The van der Waals surface area contributed by atoms with Gasteiger partial charge in [0.1, 0.15) is 17.3 Å². The summed E-state index contributed by atoms with van der Waals surface area (Å²) >= 11 is 0. The van der Waals surface area contributed by atoms with E-state index in [0.29, 0.717) is 30.4 Å². The number of hydrogen-bond donors (Lipinski definition) is 1. The minimum Gasteiger partial charge on any atom is -0.496 e. The molecule has 0 spiro atoms. The number of ether oxygens (including phenoxy) is 3. The van der Waals surface area contributed by atoms with Crippen LogP contribution < -0.4 is 14.8 Å². The molecule has 0 aromatic heterocycles. The highest BCUT2D eigenvalue weighted by molar-refractivity contribution is 5.98. The van der Waals surface area contributed by atoms with E-state index >= 15 is 0 Å². The van der Waals surface area contributed by atoms with Crippen molar-refractivity contribution in [1.82, 2.24) is 10.2 Å². The van der Waals surface area contributed by atoms with Crippen LogP contribution in [0.1, 0.15) is 11.1 Å². The fourth-order valence-corrected chi connectivity index (χ4v) is 2.50. The van der Waals surface area contributed by atoms with E-state index in [1.807, 2.05) is 24.0 Å². The first-order valence-electron chi connectivity index (χ1n) is 7.22. The lowest BCUT2D eigenvalue weighted by atomic mass is 10.0. The van der Waals surface area contributed by atoms with Crippen LogP contribution in [0.2, 0.25) is 0 Å². The van der Waals surface area contributed by atoms with Crippen LogP contribution in [-0.4, -0.2) is 45.3 Å². The van der Waals surface area contributed by atoms with Gasteiger partial charge in [-0.25, -0.2) is 0 Å². The van der Waals surface area contributed by atoms with Gasteiger partial charge >= 0.3 is 0 Å². The molecule has 0 radical (unpaired) electrons. The third-order valence-corrected chi connectivity index (χ3v) is 3.66. The molecule has 0 saturated heterocycles. The number of hydrogen-bond acceptors (Lipinski definition) is 5. The molecular formula is C17H22N2O4. The summed E-state index contributed by atoms with van der Waals surface area (Å²) in [7, 11) is 4.84. The molecule has 6 nitrogen and oxygen atoms in total. The minimum absolute atomic E-state index is 0.222. The standard InChI is InChI=1S/C17H22N2O4/c1-11-8-16(23-5)13(9-15(11)22-4)14-10-17(20)18-12(2)19(14)6-7-21-3/h8-10H,2,6-7H2,1,3-5H3,(H,18,20). The maximum atomic E-state index is 11.9. The van der Waals surface area contributed by atoms with Crippen molar-refractivity contribution in [2.45, 2.75) is 6.92 Å². The molecule has 0 atom stereocenters. The molecule has 1 aliphatic rings. The van der Waals surface area contributed by atoms with Crippen LogP contribution in [-0.2, 0) is 9.53 Å². The Hall–Kier alpha value is -2.47. The van der Waals surface area contributed by atoms with Crippen LogP contribution in [0.3, 0.4) is 0 Å². The highest BCUT2D eigenvalue weighted by atomic mass is 16.5. The van der Waals surface area contributed by atoms with E-state index in [1.165, 1.54) is 6.08 Å². The lowest BCUT2D eigenvalue weighted by molar-refractivity contribution is -0.116. The van der Waals surface area contributed by atoms with Crippen LogP contribution >= 0.6 is 0 Å². The van der Waals surface area contributed by atoms with Crippen molar-refractivity contribution < 1.29 is 19.0 Å². The zero-order chi connectivity index (χ0) is 17.0. The molecule has 1 aliphatic heterocycles. The maximum absolute atomic E-state index is 11.9. The van der Waals surface area contributed by atoms with E-state index in [-0.39, 0.29) is 5.91 Å². The van der Waals surface area contributed by atoms with Gasteiger partial charge < -0.3 is 24.4 Å². The van der Waals surface area contributed by atoms with Gasteiger partial charge in [0.25, 0.3) is 5.91 Å². The summed E-state index contributed by atoms with van der Waals surface area (Å²) < 4.78 is 16.0. The molecule has 0 fully saturated rings. The van der Waals surface area contributed by atoms with E-state index < -0.39 is 0 Å². The second-order valence-electron chi connectivity index (χ2n) is 5.13. The van der Waals surface area contributed by atoms with E-state index in [0.717, 1.165) is 16.9 Å². The Morgan fingerprint density at radius 1 is 1.17 bits per heavy atom. The zero-order valence-electron chi connectivity index (χ0n) is 13.9. The summed E-state index contributed by atoms with van der Waals surface area (Å²) in [6, 6.07) is 3.75. The monoisotopic (exact) mass is 318 g/mol. The molecule has 23 heavy (non-hydrogen) atoms. The largest absolute Gasteiger partial charge is 0.496 e. The van der Waals surface area contributed by atoms with Gasteiger partial charge in [-0.05, 0) is 24.6 Å². The first kappa shape index (κ1) is 16.9. The smallest absolute Gasteiger partial charge is 0.251 e. The molecular weight excluding hydrogens is 296 g/mol. The number of nitrogens with zero attached hydrogens (tertiary/aromatic N) is 1. The quantitative estimate of drug-likeness (QED) is 0.868. The van der Waals surface area contributed by atoms with Crippen LogP contribution in [0.4, 0.5) is 0 Å². The molecule has 0 bridgehead atoms. The predicted octanol–water partition coefficient (Wildman–Crippen LogP) is 1.90. The Bertz CT molecular complexity index is 652. The van der Waals surface area contributed by atoms with Crippen molar-refractivity contribution in [3.63, 3.8) is 0 Å². The van der Waals surface area contributed by atoms with Gasteiger partial charge in [-0.3, -0.25) is 4.79 Å². The number of amides is 1. The Balaban J connectivity index is 2.55. The number of nitrogens with one attached hydrogen (secondary N) is 1. The van der Waals surface area contributed by atoms with Crippen LogP contribution in [0.25, 0.3) is 5.70 Å². The summed E-state index contributed by atoms with van der Waals surface area (Å²) in [5.41, 5.74) is 2.42. The minimum atomic E-state index is -0.222. The van der Waals surface area contributed by atoms with Gasteiger partial charge in [0, 0.05) is 25.3 Å². The highest BCUT2D eigenvalue weighted by Gasteiger charge is 2.25. The Morgan fingerprint density at radius 3 is 2.48 bits per heavy atom. The van der Waals surface area contributed by atoms with E-state index in [4.69, 9.17) is 14.2 Å². The van der Waals surface area contributed by atoms with Crippen LogP contribution in [0.5, 0.6) is 11.5 Å². The van der Waals surface area contributed by atoms with Gasteiger partial charge in [0.2, 0.25) is 0 Å². The van der Waals surface area contributed by atoms with Gasteiger partial charge in [0.15, 0.2) is 0 Å². The second-order valence-corrected chi connectivity index (χ2v) is 5.13. The lowest BCUT2D eigenvalue weighted by Gasteiger charge is -2.33. The van der Waals surface area contributed by atoms with Crippen molar-refractivity contribution in [3.05, 3.63) is 41.7 Å². The molecule has 1 aromatic carbocycles. The summed E-state index contributed by atoms with van der Waals surface area (Å²) in [4.78, 5) is 13.8. The Kier molecular flexibility index (Phi) is 5.28. The SMILES string of the molecule is C=C1NC(=O)C=C(c2cc(OC)c(C)cc2OC)N1CCOC. The molecule has 0 unspecified atom stereocenters. The van der Waals surface area contributed by atoms with Crippen molar-refractivity contribution >= 4 is 11.6 Å². The van der Waals surface area contributed by atoms with E-state index in [9.17, 15) is 4.79 Å². The van der Waals surface area contributed by atoms with E-state index in [2.05, 4.69) is 11.9 Å². The van der Waals surface area contributed by atoms with Crippen molar-refractivity contribution in [3.8, 4) is 11.5 Å². The van der Waals surface area contributed by atoms with Crippen LogP contribution in [0, 0.1) is 6.92 Å². The van der Waals surface area contributed by atoms with Gasteiger partial charge in [-0.2, -0.15) is 0 Å². The molecule has 6 heteroatoms. The normalized spacial score (nSPS) is 14.4. The number of aryl methyl sites for hydroxylation is 1. The molecule has 0 aliphatic carbocycles. The van der Waals surface area contributed by atoms with E-state index in [1.54, 1.807) is 21.3 Å². The number of benzene rings is 1. The predicted molar refractivity (Wildman–Crippen MR) is 88.1 cm³/mol. The number of carbonyl (C=O) groups excluding carboxylic acids is 1. The van der Waals surface area contributed by atoms with Gasteiger partial charge in [-0.15, -0.1) is 0 Å². The zero-order valence-corrected chi connectivity index (χ0v) is 13.9. The fraction of sp³-hybridized carbons (Fsp3) is 0.353.